The molecular formula is C17H14N2O. The highest BCUT2D eigenvalue weighted by atomic mass is 16.1. The van der Waals surface area contributed by atoms with Gasteiger partial charge in [-0.15, -0.1) is 0 Å². The molecule has 0 spiro atoms. The van der Waals surface area contributed by atoms with Gasteiger partial charge in [0.05, 0.1) is 23.3 Å². The van der Waals surface area contributed by atoms with Crippen LogP contribution in [0.1, 0.15) is 17.0 Å². The quantitative estimate of drug-likeness (QED) is 0.795. The summed E-state index contributed by atoms with van der Waals surface area (Å²) in [6.07, 6.45) is 8.43. The van der Waals surface area contributed by atoms with E-state index in [0.29, 0.717) is 6.42 Å². The summed E-state index contributed by atoms with van der Waals surface area (Å²) in [6.45, 7) is 3.50. The van der Waals surface area contributed by atoms with E-state index in [2.05, 4.69) is 22.6 Å². The maximum absolute atomic E-state index is 11.4. The summed E-state index contributed by atoms with van der Waals surface area (Å²) in [7, 11) is 0. The molecule has 0 amide bonds. The van der Waals surface area contributed by atoms with Crippen molar-refractivity contribution in [1.29, 1.82) is 0 Å². The monoisotopic (exact) mass is 262 g/mol. The Morgan fingerprint density at radius 3 is 3.15 bits per heavy atom. The average Bonchev–Trinajstić information content (AvgIpc) is 2.94. The van der Waals surface area contributed by atoms with Crippen molar-refractivity contribution < 1.29 is 4.79 Å². The van der Waals surface area contributed by atoms with Gasteiger partial charge in [-0.2, -0.15) is 0 Å². The second kappa shape index (κ2) is 5.21. The van der Waals surface area contributed by atoms with Crippen LogP contribution in [-0.2, 0) is 17.6 Å². The molecule has 1 aliphatic rings. The van der Waals surface area contributed by atoms with Gasteiger partial charge in [0, 0.05) is 18.4 Å². The summed E-state index contributed by atoms with van der Waals surface area (Å²) in [5.74, 6) is 0.0186. The molecule has 3 heteroatoms. The van der Waals surface area contributed by atoms with Gasteiger partial charge in [-0.3, -0.25) is 9.78 Å². The zero-order valence-corrected chi connectivity index (χ0v) is 11.0. The molecule has 1 heterocycles. The van der Waals surface area contributed by atoms with Crippen molar-refractivity contribution in [2.45, 2.75) is 12.8 Å². The van der Waals surface area contributed by atoms with Crippen LogP contribution in [0.5, 0.6) is 0 Å². The average molecular weight is 262 g/mol. The van der Waals surface area contributed by atoms with E-state index < -0.39 is 0 Å². The van der Waals surface area contributed by atoms with Crippen LogP contribution in [0.2, 0.25) is 0 Å². The molecule has 0 radical (unpaired) electrons. The number of hydrogen-bond acceptors (Lipinski definition) is 3. The van der Waals surface area contributed by atoms with Crippen LogP contribution < -0.4 is 0 Å². The molecular weight excluding hydrogens is 248 g/mol. The molecule has 0 atom stereocenters. The Bertz CT molecular complexity index is 717. The number of fused-ring (bicyclic) bond motifs is 1. The predicted molar refractivity (Wildman–Crippen MR) is 79.1 cm³/mol. The van der Waals surface area contributed by atoms with Gasteiger partial charge in [-0.05, 0) is 23.8 Å². The molecule has 3 rings (SSSR count). The predicted octanol–water partition coefficient (Wildman–Crippen LogP) is 3.01. The zero-order valence-electron chi connectivity index (χ0n) is 11.0. The van der Waals surface area contributed by atoms with E-state index in [1.807, 2.05) is 30.3 Å². The van der Waals surface area contributed by atoms with Crippen LogP contribution in [0, 0.1) is 0 Å². The number of ketones is 1. The lowest BCUT2D eigenvalue weighted by Gasteiger charge is -2.05. The normalized spacial score (nSPS) is 12.2. The zero-order chi connectivity index (χ0) is 13.9. The SMILES string of the molecule is C=CC(=O)Cc1cccc(-c2cnc3c(n2)C=CC3)c1. The lowest BCUT2D eigenvalue weighted by atomic mass is 10.0. The minimum atomic E-state index is 0.0186. The Balaban J connectivity index is 1.94. The van der Waals surface area contributed by atoms with Crippen molar-refractivity contribution in [1.82, 2.24) is 9.97 Å². The lowest BCUT2D eigenvalue weighted by Crippen LogP contribution is -1.99. The van der Waals surface area contributed by atoms with Crippen LogP contribution in [0.25, 0.3) is 17.3 Å². The third-order valence-electron chi connectivity index (χ3n) is 3.29. The largest absolute Gasteiger partial charge is 0.295 e. The van der Waals surface area contributed by atoms with Gasteiger partial charge in [-0.1, -0.05) is 30.9 Å². The van der Waals surface area contributed by atoms with E-state index in [1.165, 1.54) is 6.08 Å². The van der Waals surface area contributed by atoms with Gasteiger partial charge in [-0.25, -0.2) is 4.98 Å². The van der Waals surface area contributed by atoms with E-state index in [0.717, 1.165) is 34.6 Å². The Morgan fingerprint density at radius 1 is 1.40 bits per heavy atom. The second-order valence-corrected chi connectivity index (χ2v) is 4.74. The summed E-state index contributed by atoms with van der Waals surface area (Å²) < 4.78 is 0. The fourth-order valence-electron chi connectivity index (χ4n) is 2.25. The number of hydrogen-bond donors (Lipinski definition) is 0. The van der Waals surface area contributed by atoms with Gasteiger partial charge in [0.1, 0.15) is 0 Å². The first-order valence-electron chi connectivity index (χ1n) is 6.53. The first-order chi connectivity index (χ1) is 9.76. The standard InChI is InChI=1S/C17H14N2O/c1-2-14(20)10-12-5-3-6-13(9-12)17-11-18-15-7-4-8-16(15)19-17/h2-6,8-9,11H,1,7,10H2. The third kappa shape index (κ3) is 2.43. The molecule has 1 aromatic carbocycles. The van der Waals surface area contributed by atoms with Crippen LogP contribution >= 0.6 is 0 Å². The molecule has 0 saturated carbocycles. The van der Waals surface area contributed by atoms with Crippen LogP contribution in [0.3, 0.4) is 0 Å². The smallest absolute Gasteiger partial charge is 0.159 e. The molecule has 0 saturated heterocycles. The number of nitrogens with zero attached hydrogens (tertiary/aromatic N) is 2. The molecule has 0 unspecified atom stereocenters. The molecule has 1 aromatic heterocycles. The number of carbonyl (C=O) groups excluding carboxylic acids is 1. The molecule has 0 bridgehead atoms. The summed E-state index contributed by atoms with van der Waals surface area (Å²) in [6, 6.07) is 7.84. The molecule has 2 aromatic rings. The van der Waals surface area contributed by atoms with Gasteiger partial charge < -0.3 is 0 Å². The maximum Gasteiger partial charge on any atom is 0.159 e. The highest BCUT2D eigenvalue weighted by Crippen LogP contribution is 2.22. The molecule has 0 aliphatic heterocycles. The molecule has 3 nitrogen and oxygen atoms in total. The molecule has 1 aliphatic carbocycles. The Hall–Kier alpha value is -2.55. The lowest BCUT2D eigenvalue weighted by molar-refractivity contribution is -0.114. The summed E-state index contributed by atoms with van der Waals surface area (Å²) >= 11 is 0. The highest BCUT2D eigenvalue weighted by molar-refractivity contribution is 5.91. The number of carbonyl (C=O) groups is 1. The first-order valence-corrected chi connectivity index (χ1v) is 6.53. The third-order valence-corrected chi connectivity index (χ3v) is 3.29. The van der Waals surface area contributed by atoms with E-state index in [-0.39, 0.29) is 5.78 Å². The van der Waals surface area contributed by atoms with E-state index in [9.17, 15) is 4.79 Å². The fraction of sp³-hybridized carbons (Fsp3) is 0.118. The van der Waals surface area contributed by atoms with Gasteiger partial charge >= 0.3 is 0 Å². The van der Waals surface area contributed by atoms with Crippen LogP contribution in [-0.4, -0.2) is 15.8 Å². The van der Waals surface area contributed by atoms with Gasteiger partial charge in [0.25, 0.3) is 0 Å². The Kier molecular flexibility index (Phi) is 3.25. The number of allylic oxidation sites excluding steroid dienone is 2. The molecule has 0 fully saturated rings. The van der Waals surface area contributed by atoms with Crippen molar-refractivity contribution >= 4 is 11.9 Å². The van der Waals surface area contributed by atoms with Gasteiger partial charge in [0.2, 0.25) is 0 Å². The first kappa shape index (κ1) is 12.5. The molecule has 0 N–H and O–H groups in total. The fourth-order valence-corrected chi connectivity index (χ4v) is 2.25. The van der Waals surface area contributed by atoms with Crippen molar-refractivity contribution in [2.75, 3.05) is 0 Å². The topological polar surface area (TPSA) is 42.9 Å². The van der Waals surface area contributed by atoms with Crippen molar-refractivity contribution in [3.63, 3.8) is 0 Å². The van der Waals surface area contributed by atoms with Gasteiger partial charge in [0.15, 0.2) is 5.78 Å². The Morgan fingerprint density at radius 2 is 2.30 bits per heavy atom. The van der Waals surface area contributed by atoms with Crippen molar-refractivity contribution in [3.05, 3.63) is 66.1 Å². The second-order valence-electron chi connectivity index (χ2n) is 4.74. The van der Waals surface area contributed by atoms with E-state index >= 15 is 0 Å². The highest BCUT2D eigenvalue weighted by Gasteiger charge is 2.10. The minimum Gasteiger partial charge on any atom is -0.295 e. The van der Waals surface area contributed by atoms with Crippen molar-refractivity contribution in [3.8, 4) is 11.3 Å². The number of rotatable bonds is 4. The summed E-state index contributed by atoms with van der Waals surface area (Å²) in [5, 5.41) is 0. The number of aromatic nitrogens is 2. The Labute approximate surface area is 117 Å². The summed E-state index contributed by atoms with van der Waals surface area (Å²) in [4.78, 5) is 20.5. The van der Waals surface area contributed by atoms with Crippen LogP contribution in [0.15, 0.2) is 49.2 Å². The summed E-state index contributed by atoms with van der Waals surface area (Å²) in [5.41, 5.74) is 4.74. The van der Waals surface area contributed by atoms with E-state index in [4.69, 9.17) is 0 Å². The van der Waals surface area contributed by atoms with Crippen molar-refractivity contribution in [2.24, 2.45) is 0 Å². The minimum absolute atomic E-state index is 0.0186. The molecule has 20 heavy (non-hydrogen) atoms. The van der Waals surface area contributed by atoms with Crippen LogP contribution in [0.4, 0.5) is 0 Å². The molecule has 98 valence electrons. The number of benzene rings is 1. The van der Waals surface area contributed by atoms with E-state index in [1.54, 1.807) is 6.20 Å². The maximum atomic E-state index is 11.4.